The number of ether oxygens (including phenoxy) is 2. The lowest BCUT2D eigenvalue weighted by molar-refractivity contribution is -0.961. The molecule has 1 N–H and O–H groups in total. The summed E-state index contributed by atoms with van der Waals surface area (Å²) in [5.74, 6) is -1.20. The minimum atomic E-state index is -3.50. The van der Waals surface area contributed by atoms with Gasteiger partial charge < -0.3 is 19.1 Å². The van der Waals surface area contributed by atoms with Gasteiger partial charge in [0.05, 0.1) is 35.0 Å². The zero-order chi connectivity index (χ0) is 31.1. The summed E-state index contributed by atoms with van der Waals surface area (Å²) in [6.45, 7) is -6.33. The molecule has 2 unspecified atom stereocenters. The Hall–Kier alpha value is -2.37. The highest BCUT2D eigenvalue weighted by molar-refractivity contribution is 5.78. The predicted octanol–water partition coefficient (Wildman–Crippen LogP) is 4.82. The van der Waals surface area contributed by atoms with Crippen molar-refractivity contribution in [2.75, 3.05) is 20.2 Å². The molecule has 5 nitrogen and oxygen atoms in total. The van der Waals surface area contributed by atoms with Crippen molar-refractivity contribution in [3.8, 4) is 5.75 Å². The van der Waals surface area contributed by atoms with Gasteiger partial charge in [0.15, 0.2) is 0 Å². The van der Waals surface area contributed by atoms with E-state index in [1.165, 1.54) is 12.1 Å². The van der Waals surface area contributed by atoms with Crippen LogP contribution < -0.4 is 4.74 Å². The molecule has 0 saturated carbocycles. The van der Waals surface area contributed by atoms with Gasteiger partial charge in [0, 0.05) is 40.8 Å². The maximum Gasteiger partial charge on any atom is 0.316 e. The summed E-state index contributed by atoms with van der Waals surface area (Å²) in [6, 6.07) is 16.0. The van der Waals surface area contributed by atoms with E-state index in [4.69, 9.17) is 21.8 Å². The van der Waals surface area contributed by atoms with E-state index in [2.05, 4.69) is 7.05 Å². The van der Waals surface area contributed by atoms with Crippen molar-refractivity contribution < 1.29 is 36.2 Å². The van der Waals surface area contributed by atoms with Gasteiger partial charge in [-0.3, -0.25) is 4.79 Å². The van der Waals surface area contributed by atoms with Crippen LogP contribution in [-0.4, -0.2) is 54.0 Å². The Morgan fingerprint density at radius 1 is 1.15 bits per heavy atom. The molecule has 5 atom stereocenters. The SMILES string of the molecule is [2H]C([2H])([2H])C([2H])([2H])C([2H])([2H])C([2H])([2H])Oc1ccc(C[N+]2(C)[C@@H]3CC[C@H]2CC(OC(=O)[C@H](CO)c2ccccc2)C3)cc1. The van der Waals surface area contributed by atoms with Gasteiger partial charge in [-0.25, -0.2) is 0 Å². The van der Waals surface area contributed by atoms with Crippen LogP contribution >= 0.6 is 0 Å². The van der Waals surface area contributed by atoms with E-state index < -0.39 is 38.0 Å². The average Bonchev–Trinajstić information content (AvgIpc) is 3.05. The summed E-state index contributed by atoms with van der Waals surface area (Å²) in [5, 5.41) is 9.84. The number of rotatable bonds is 10. The Bertz CT molecular complexity index is 1220. The number of hydrogen-bond acceptors (Lipinski definition) is 4. The Morgan fingerprint density at radius 3 is 2.48 bits per heavy atom. The van der Waals surface area contributed by atoms with Gasteiger partial charge in [-0.05, 0) is 36.2 Å². The van der Waals surface area contributed by atoms with Crippen molar-refractivity contribution in [2.45, 2.75) is 75.9 Å². The highest BCUT2D eigenvalue weighted by Crippen LogP contribution is 2.43. The molecule has 178 valence electrons. The number of fused-ring (bicyclic) bond motifs is 2. The van der Waals surface area contributed by atoms with E-state index in [0.717, 1.165) is 28.5 Å². The minimum Gasteiger partial charge on any atom is -0.494 e. The summed E-state index contributed by atoms with van der Waals surface area (Å²) in [4.78, 5) is 12.9. The second kappa shape index (κ2) is 10.7. The van der Waals surface area contributed by atoms with Crippen molar-refractivity contribution in [2.24, 2.45) is 0 Å². The number of benzene rings is 2. The van der Waals surface area contributed by atoms with Gasteiger partial charge in [-0.2, -0.15) is 0 Å². The molecule has 0 radical (unpaired) electrons. The second-order valence-corrected chi connectivity index (χ2v) is 9.16. The van der Waals surface area contributed by atoms with Crippen molar-refractivity contribution >= 4 is 5.97 Å². The molecule has 2 aromatic carbocycles. The third kappa shape index (κ3) is 5.42. The summed E-state index contributed by atoms with van der Waals surface area (Å²) < 4.78 is 81.2. The summed E-state index contributed by atoms with van der Waals surface area (Å²) >= 11 is 0. The molecule has 0 amide bonds. The lowest BCUT2D eigenvalue weighted by atomic mass is 9.95. The Balaban J connectivity index is 1.40. The first-order valence-electron chi connectivity index (χ1n) is 15.9. The fourth-order valence-electron chi connectivity index (χ4n) is 5.46. The highest BCUT2D eigenvalue weighted by atomic mass is 16.5. The zero-order valence-electron chi connectivity index (χ0n) is 27.9. The summed E-state index contributed by atoms with van der Waals surface area (Å²) in [7, 11) is 2.18. The molecule has 5 heteroatoms. The highest BCUT2D eigenvalue weighted by Gasteiger charge is 2.52. The molecule has 2 aliphatic heterocycles. The Kier molecular flexibility index (Phi) is 4.80. The van der Waals surface area contributed by atoms with Gasteiger partial charge in [0.25, 0.3) is 0 Å². The molecular weight excluding hydrogens is 414 g/mol. The number of quaternary nitrogens is 1. The first-order chi connectivity index (χ1) is 19.4. The molecule has 2 fully saturated rings. The number of aliphatic hydroxyl groups excluding tert-OH is 1. The maximum atomic E-state index is 12.9. The Labute approximate surface area is 210 Å². The van der Waals surface area contributed by atoms with Gasteiger partial charge in [-0.1, -0.05) is 43.6 Å². The third-order valence-electron chi connectivity index (χ3n) is 7.25. The van der Waals surface area contributed by atoms with Crippen molar-refractivity contribution in [1.82, 2.24) is 0 Å². The fourth-order valence-corrected chi connectivity index (χ4v) is 5.46. The standard InChI is InChI=1S/C28H38NO4/c1-3-4-16-32-25-14-10-21(11-15-25)19-29(2)23-12-13-24(29)18-26(17-23)33-28(31)27(20-30)22-8-6-5-7-9-22/h5-11,14-15,23-24,26-27,30H,3-4,12-13,16-20H2,1-2H3/q+1/t23-,24+,26?,27-,29?/m1/s1/i1D3,3D2,4D2,16D2. The lowest BCUT2D eigenvalue weighted by Crippen LogP contribution is -2.58. The number of aliphatic hydroxyl groups is 1. The smallest absolute Gasteiger partial charge is 0.316 e. The first-order valence-corrected chi connectivity index (χ1v) is 11.4. The van der Waals surface area contributed by atoms with Gasteiger partial charge in [-0.15, -0.1) is 0 Å². The van der Waals surface area contributed by atoms with Gasteiger partial charge >= 0.3 is 5.97 Å². The quantitative estimate of drug-likeness (QED) is 0.407. The molecule has 4 rings (SSSR count). The zero-order valence-corrected chi connectivity index (χ0v) is 18.9. The molecule has 0 spiro atoms. The molecule has 2 aromatic rings. The number of nitrogens with zero attached hydrogens (tertiary/aromatic N) is 1. The number of hydrogen-bond donors (Lipinski definition) is 1. The van der Waals surface area contributed by atoms with Crippen LogP contribution in [0.15, 0.2) is 54.6 Å². The van der Waals surface area contributed by atoms with E-state index in [1.807, 2.05) is 18.2 Å². The van der Waals surface area contributed by atoms with Crippen LogP contribution in [0.4, 0.5) is 0 Å². The van der Waals surface area contributed by atoms with Crippen LogP contribution in [0.25, 0.3) is 0 Å². The van der Waals surface area contributed by atoms with Gasteiger partial charge in [0.2, 0.25) is 0 Å². The molecule has 2 aliphatic rings. The van der Waals surface area contributed by atoms with E-state index >= 15 is 0 Å². The van der Waals surface area contributed by atoms with Crippen LogP contribution in [0.5, 0.6) is 5.75 Å². The van der Waals surface area contributed by atoms with E-state index in [-0.39, 0.29) is 30.5 Å². The van der Waals surface area contributed by atoms with Crippen LogP contribution in [-0.2, 0) is 16.1 Å². The second-order valence-electron chi connectivity index (χ2n) is 9.16. The fraction of sp³-hybridized carbons (Fsp3) is 0.536. The predicted molar refractivity (Wildman–Crippen MR) is 129 cm³/mol. The number of esters is 1. The molecule has 0 aliphatic carbocycles. The molecule has 2 saturated heterocycles. The maximum absolute atomic E-state index is 12.9. The van der Waals surface area contributed by atoms with E-state index in [9.17, 15) is 9.90 Å². The molecular formula is C28H38NO4+. The molecule has 33 heavy (non-hydrogen) atoms. The van der Waals surface area contributed by atoms with Crippen molar-refractivity contribution in [3.05, 3.63) is 65.7 Å². The van der Waals surface area contributed by atoms with Gasteiger partial charge in [0.1, 0.15) is 24.3 Å². The number of carbonyl (C=O) groups excluding carboxylic acids is 1. The third-order valence-corrected chi connectivity index (χ3v) is 7.25. The Morgan fingerprint density at radius 2 is 1.85 bits per heavy atom. The molecule has 2 heterocycles. The topological polar surface area (TPSA) is 55.8 Å². The molecule has 0 aromatic heterocycles. The van der Waals surface area contributed by atoms with Crippen LogP contribution in [0, 0.1) is 0 Å². The first kappa shape index (κ1) is 14.8. The lowest BCUT2D eigenvalue weighted by Gasteiger charge is -2.47. The van der Waals surface area contributed by atoms with Crippen molar-refractivity contribution in [1.29, 1.82) is 0 Å². The average molecular weight is 462 g/mol. The van der Waals surface area contributed by atoms with E-state index in [1.54, 1.807) is 24.3 Å². The van der Waals surface area contributed by atoms with Crippen molar-refractivity contribution in [3.63, 3.8) is 0 Å². The monoisotopic (exact) mass is 461 g/mol. The van der Waals surface area contributed by atoms with Crippen LogP contribution in [0.3, 0.4) is 0 Å². The van der Waals surface area contributed by atoms with Crippen LogP contribution in [0.2, 0.25) is 0 Å². The minimum absolute atomic E-state index is 0.0536. The van der Waals surface area contributed by atoms with Crippen LogP contribution in [0.1, 0.15) is 74.7 Å². The molecule has 2 bridgehead atoms. The normalized spacial score (nSPS) is 32.9. The largest absolute Gasteiger partial charge is 0.494 e. The summed E-state index contributed by atoms with van der Waals surface area (Å²) in [5.41, 5.74) is 1.65. The summed E-state index contributed by atoms with van der Waals surface area (Å²) in [6.07, 6.45) is -3.83. The number of carbonyl (C=O) groups is 1. The number of piperidine rings is 1. The van der Waals surface area contributed by atoms with E-state index in [0.29, 0.717) is 19.4 Å².